The Kier molecular flexibility index (Phi) is 5.22. The van der Waals surface area contributed by atoms with Crippen molar-refractivity contribution >= 4 is 0 Å². The summed E-state index contributed by atoms with van der Waals surface area (Å²) in [6.45, 7) is 0.638. The molecule has 0 aliphatic heterocycles. The summed E-state index contributed by atoms with van der Waals surface area (Å²) in [5.41, 5.74) is 6.40. The summed E-state index contributed by atoms with van der Waals surface area (Å²) in [6, 6.07) is 4.70. The number of rotatable bonds is 6. The third-order valence-electron chi connectivity index (χ3n) is 2.48. The Labute approximate surface area is 95.4 Å². The molecule has 1 rings (SSSR count). The highest BCUT2D eigenvalue weighted by Crippen LogP contribution is 2.25. The van der Waals surface area contributed by atoms with Crippen LogP contribution in [0, 0.1) is 5.82 Å². The summed E-state index contributed by atoms with van der Waals surface area (Å²) < 4.78 is 23.6. The molecule has 1 unspecified atom stereocenters. The van der Waals surface area contributed by atoms with Crippen molar-refractivity contribution in [3.05, 3.63) is 29.6 Å². The van der Waals surface area contributed by atoms with Crippen LogP contribution in [0.4, 0.5) is 4.39 Å². The molecule has 0 fully saturated rings. The monoisotopic (exact) mass is 227 g/mol. The van der Waals surface area contributed by atoms with Crippen LogP contribution in [0.2, 0.25) is 0 Å². The van der Waals surface area contributed by atoms with Gasteiger partial charge in [-0.1, -0.05) is 12.1 Å². The third-order valence-corrected chi connectivity index (χ3v) is 2.48. The van der Waals surface area contributed by atoms with Crippen molar-refractivity contribution in [1.29, 1.82) is 0 Å². The summed E-state index contributed by atoms with van der Waals surface area (Å²) in [7, 11) is 3.08. The fourth-order valence-electron chi connectivity index (χ4n) is 1.57. The van der Waals surface area contributed by atoms with Crippen molar-refractivity contribution in [1.82, 2.24) is 0 Å². The Balaban J connectivity index is 2.71. The molecule has 0 aromatic heterocycles. The molecule has 2 N–H and O–H groups in total. The van der Waals surface area contributed by atoms with Crippen molar-refractivity contribution in [2.75, 3.05) is 20.8 Å². The molecule has 0 spiro atoms. The minimum Gasteiger partial charge on any atom is -0.494 e. The molecule has 0 saturated carbocycles. The number of halogens is 1. The minimum absolute atomic E-state index is 0.236. The first kappa shape index (κ1) is 12.9. The Morgan fingerprint density at radius 2 is 2.12 bits per heavy atom. The van der Waals surface area contributed by atoms with Gasteiger partial charge in [0.15, 0.2) is 11.6 Å². The first-order valence-electron chi connectivity index (χ1n) is 5.27. The van der Waals surface area contributed by atoms with Crippen LogP contribution in [0.1, 0.15) is 24.4 Å². The maximum absolute atomic E-state index is 13.8. The molecule has 90 valence electrons. The van der Waals surface area contributed by atoms with Crippen molar-refractivity contribution in [2.45, 2.75) is 18.9 Å². The van der Waals surface area contributed by atoms with Crippen LogP contribution < -0.4 is 10.5 Å². The second kappa shape index (κ2) is 6.45. The molecular formula is C12H18FNO2. The first-order chi connectivity index (χ1) is 7.70. The molecule has 4 heteroatoms. The van der Waals surface area contributed by atoms with E-state index in [0.29, 0.717) is 18.6 Å². The second-order valence-corrected chi connectivity index (χ2v) is 3.61. The molecule has 1 aromatic rings. The van der Waals surface area contributed by atoms with Crippen LogP contribution in [-0.4, -0.2) is 20.8 Å². The zero-order valence-electron chi connectivity index (χ0n) is 9.70. The maximum atomic E-state index is 13.8. The molecule has 1 atom stereocenters. The Morgan fingerprint density at radius 3 is 2.75 bits per heavy atom. The molecule has 3 nitrogen and oxygen atoms in total. The van der Waals surface area contributed by atoms with Crippen molar-refractivity contribution in [3.8, 4) is 5.75 Å². The van der Waals surface area contributed by atoms with E-state index in [0.717, 1.165) is 6.42 Å². The predicted molar refractivity (Wildman–Crippen MR) is 61.0 cm³/mol. The highest BCUT2D eigenvalue weighted by molar-refractivity contribution is 5.32. The van der Waals surface area contributed by atoms with Gasteiger partial charge in [0.05, 0.1) is 7.11 Å². The normalized spacial score (nSPS) is 12.5. The van der Waals surface area contributed by atoms with Gasteiger partial charge in [-0.15, -0.1) is 0 Å². The SMILES string of the molecule is COCCCC(N)c1cccc(OC)c1F. The van der Waals surface area contributed by atoms with Gasteiger partial charge in [0.1, 0.15) is 0 Å². The molecule has 1 aromatic carbocycles. The number of hydrogen-bond donors (Lipinski definition) is 1. The zero-order valence-corrected chi connectivity index (χ0v) is 9.70. The van der Waals surface area contributed by atoms with Gasteiger partial charge in [0, 0.05) is 25.3 Å². The highest BCUT2D eigenvalue weighted by atomic mass is 19.1. The molecule has 0 amide bonds. The van der Waals surface area contributed by atoms with E-state index in [4.69, 9.17) is 15.2 Å². The zero-order chi connectivity index (χ0) is 12.0. The fraction of sp³-hybridized carbons (Fsp3) is 0.500. The van der Waals surface area contributed by atoms with E-state index in [1.165, 1.54) is 7.11 Å². The molecule has 0 bridgehead atoms. The molecule has 0 aliphatic carbocycles. The lowest BCUT2D eigenvalue weighted by atomic mass is 10.0. The van der Waals surface area contributed by atoms with Gasteiger partial charge in [-0.05, 0) is 18.9 Å². The number of nitrogens with two attached hydrogens (primary N) is 1. The highest BCUT2D eigenvalue weighted by Gasteiger charge is 2.14. The molecule has 16 heavy (non-hydrogen) atoms. The van der Waals surface area contributed by atoms with E-state index in [2.05, 4.69) is 0 Å². The van der Waals surface area contributed by atoms with E-state index in [-0.39, 0.29) is 17.6 Å². The van der Waals surface area contributed by atoms with Gasteiger partial charge in [-0.25, -0.2) is 4.39 Å². The second-order valence-electron chi connectivity index (χ2n) is 3.61. The van der Waals surface area contributed by atoms with Gasteiger partial charge in [0.25, 0.3) is 0 Å². The van der Waals surface area contributed by atoms with E-state index in [1.54, 1.807) is 25.3 Å². The quantitative estimate of drug-likeness (QED) is 0.758. The van der Waals surface area contributed by atoms with Crippen LogP contribution in [0.15, 0.2) is 18.2 Å². The number of hydrogen-bond acceptors (Lipinski definition) is 3. The van der Waals surface area contributed by atoms with Gasteiger partial charge in [-0.2, -0.15) is 0 Å². The van der Waals surface area contributed by atoms with Crippen molar-refractivity contribution in [2.24, 2.45) is 5.73 Å². The average Bonchev–Trinajstić information content (AvgIpc) is 2.29. The minimum atomic E-state index is -0.366. The molecule has 0 heterocycles. The smallest absolute Gasteiger partial charge is 0.169 e. The number of methoxy groups -OCH3 is 2. The standard InChI is InChI=1S/C12H18FNO2/c1-15-8-4-6-10(14)9-5-3-7-11(16-2)12(9)13/h3,5,7,10H,4,6,8,14H2,1-2H3. The summed E-state index contributed by atoms with van der Waals surface area (Å²) in [5.74, 6) is -0.130. The predicted octanol–water partition coefficient (Wildman–Crippen LogP) is 2.26. The lowest BCUT2D eigenvalue weighted by molar-refractivity contribution is 0.190. The Bertz CT molecular complexity index is 331. The topological polar surface area (TPSA) is 44.5 Å². The Hall–Kier alpha value is -1.13. The summed E-state index contributed by atoms with van der Waals surface area (Å²) in [5, 5.41) is 0. The van der Waals surface area contributed by atoms with E-state index in [9.17, 15) is 4.39 Å². The van der Waals surface area contributed by atoms with E-state index >= 15 is 0 Å². The maximum Gasteiger partial charge on any atom is 0.169 e. The average molecular weight is 227 g/mol. The lowest BCUT2D eigenvalue weighted by Gasteiger charge is -2.14. The van der Waals surface area contributed by atoms with Crippen molar-refractivity contribution < 1.29 is 13.9 Å². The first-order valence-corrected chi connectivity index (χ1v) is 5.27. The molecule has 0 saturated heterocycles. The van der Waals surface area contributed by atoms with Gasteiger partial charge in [-0.3, -0.25) is 0 Å². The number of ether oxygens (including phenoxy) is 2. The van der Waals surface area contributed by atoms with Crippen molar-refractivity contribution in [3.63, 3.8) is 0 Å². The fourth-order valence-corrected chi connectivity index (χ4v) is 1.57. The van der Waals surface area contributed by atoms with E-state index < -0.39 is 0 Å². The van der Waals surface area contributed by atoms with Gasteiger partial charge >= 0.3 is 0 Å². The molecular weight excluding hydrogens is 209 g/mol. The molecule has 0 radical (unpaired) electrons. The van der Waals surface area contributed by atoms with E-state index in [1.807, 2.05) is 0 Å². The third kappa shape index (κ3) is 3.18. The summed E-state index contributed by atoms with van der Waals surface area (Å²) in [6.07, 6.45) is 1.51. The van der Waals surface area contributed by atoms with Crippen LogP contribution in [0.3, 0.4) is 0 Å². The summed E-state index contributed by atoms with van der Waals surface area (Å²) >= 11 is 0. The van der Waals surface area contributed by atoms with Crippen LogP contribution in [0.25, 0.3) is 0 Å². The Morgan fingerprint density at radius 1 is 1.38 bits per heavy atom. The summed E-state index contributed by atoms with van der Waals surface area (Å²) in [4.78, 5) is 0. The van der Waals surface area contributed by atoms with Gasteiger partial charge < -0.3 is 15.2 Å². The number of benzene rings is 1. The lowest BCUT2D eigenvalue weighted by Crippen LogP contribution is -2.13. The van der Waals surface area contributed by atoms with Gasteiger partial charge in [0.2, 0.25) is 0 Å². The largest absolute Gasteiger partial charge is 0.494 e. The molecule has 0 aliphatic rings. The van der Waals surface area contributed by atoms with Crippen LogP contribution in [0.5, 0.6) is 5.75 Å². The van der Waals surface area contributed by atoms with Crippen LogP contribution in [-0.2, 0) is 4.74 Å². The van der Waals surface area contributed by atoms with Crippen LogP contribution >= 0.6 is 0 Å².